The Bertz CT molecular complexity index is 1930. The molecule has 0 fully saturated rings. The van der Waals surface area contributed by atoms with Crippen LogP contribution in [-0.2, 0) is 5.41 Å². The van der Waals surface area contributed by atoms with Gasteiger partial charge < -0.3 is 0 Å². The van der Waals surface area contributed by atoms with Crippen molar-refractivity contribution < 1.29 is 4.92 Å². The Labute approximate surface area is 219 Å². The third kappa shape index (κ3) is 2.47. The lowest BCUT2D eigenvalue weighted by atomic mass is 9.62. The van der Waals surface area contributed by atoms with Crippen molar-refractivity contribution in [3.05, 3.63) is 154 Å². The zero-order valence-electron chi connectivity index (χ0n) is 20.3. The second-order valence-electron chi connectivity index (χ2n) is 9.90. The number of hydrogen-bond acceptors (Lipinski definition) is 3. The largest absolute Gasteiger partial charge is 0.277 e. The number of nitrogens with zero attached hydrogens (tertiary/aromatic N) is 2. The second kappa shape index (κ2) is 7.46. The number of hydrogen-bond donors (Lipinski definition) is 0. The molecule has 6 aromatic rings. The number of fused-ring (bicyclic) bond motifs is 9. The predicted molar refractivity (Wildman–Crippen MR) is 150 cm³/mol. The summed E-state index contributed by atoms with van der Waals surface area (Å²) in [6.45, 7) is 0. The van der Waals surface area contributed by atoms with Crippen molar-refractivity contribution in [1.29, 1.82) is 0 Å². The Kier molecular flexibility index (Phi) is 4.13. The van der Waals surface area contributed by atoms with Crippen LogP contribution in [0, 0.1) is 10.1 Å². The molecule has 4 nitrogen and oxygen atoms in total. The van der Waals surface area contributed by atoms with Gasteiger partial charge in [-0.1, -0.05) is 97.1 Å². The monoisotopic (exact) mass is 488 g/mol. The lowest BCUT2D eigenvalue weighted by molar-refractivity contribution is -0.384. The van der Waals surface area contributed by atoms with Crippen LogP contribution in [0.5, 0.6) is 0 Å². The number of pyridine rings is 1. The average Bonchev–Trinajstić information content (AvgIpc) is 3.27. The molecule has 1 spiro atoms. The maximum Gasteiger partial charge on any atom is 0.277 e. The molecular formula is C34H20N2O2. The van der Waals surface area contributed by atoms with Crippen molar-refractivity contribution in [2.75, 3.05) is 0 Å². The normalized spacial score (nSPS) is 13.7. The van der Waals surface area contributed by atoms with Crippen molar-refractivity contribution in [2.45, 2.75) is 5.41 Å². The summed E-state index contributed by atoms with van der Waals surface area (Å²) >= 11 is 0. The number of nitro benzene ring substituents is 1. The molecule has 8 rings (SSSR count). The van der Waals surface area contributed by atoms with E-state index in [1.165, 1.54) is 27.8 Å². The highest BCUT2D eigenvalue weighted by Gasteiger charge is 2.50. The van der Waals surface area contributed by atoms with Crippen LogP contribution in [-0.4, -0.2) is 9.91 Å². The lowest BCUT2D eigenvalue weighted by Gasteiger charge is -2.39. The smallest absolute Gasteiger partial charge is 0.258 e. The molecule has 2 aliphatic rings. The molecule has 5 aromatic carbocycles. The Hall–Kier alpha value is -5.09. The molecule has 0 unspecified atom stereocenters. The SMILES string of the molecule is O=[N+]([O-])c1ccccc1-c1ccc2c3c(cccc13)C1(c3ccccc3-c3ccccc31)c1cccnc1-2. The summed E-state index contributed by atoms with van der Waals surface area (Å²) in [5.74, 6) is 0. The van der Waals surface area contributed by atoms with Crippen LogP contribution in [0.4, 0.5) is 5.69 Å². The van der Waals surface area contributed by atoms with E-state index in [1.54, 1.807) is 12.1 Å². The Morgan fingerprint density at radius 1 is 0.553 bits per heavy atom. The first-order valence-electron chi connectivity index (χ1n) is 12.7. The van der Waals surface area contributed by atoms with Gasteiger partial charge in [0.25, 0.3) is 5.69 Å². The van der Waals surface area contributed by atoms with Gasteiger partial charge >= 0.3 is 0 Å². The zero-order chi connectivity index (χ0) is 25.4. The molecule has 0 bridgehead atoms. The zero-order valence-corrected chi connectivity index (χ0v) is 20.3. The average molecular weight is 489 g/mol. The third-order valence-corrected chi connectivity index (χ3v) is 8.25. The summed E-state index contributed by atoms with van der Waals surface area (Å²) in [5, 5.41) is 14.1. The number of para-hydroxylation sites is 1. The molecule has 0 saturated heterocycles. The molecule has 0 radical (unpaired) electrons. The molecular weight excluding hydrogens is 468 g/mol. The minimum atomic E-state index is -0.537. The van der Waals surface area contributed by atoms with Gasteiger partial charge in [-0.25, -0.2) is 0 Å². The van der Waals surface area contributed by atoms with Crippen molar-refractivity contribution in [3.8, 4) is 33.5 Å². The lowest BCUT2D eigenvalue weighted by Crippen LogP contribution is -2.32. The third-order valence-electron chi connectivity index (χ3n) is 8.25. The summed E-state index contributed by atoms with van der Waals surface area (Å²) in [6, 6.07) is 39.0. The first-order valence-corrected chi connectivity index (χ1v) is 12.7. The number of benzene rings is 5. The van der Waals surface area contributed by atoms with Crippen molar-refractivity contribution >= 4 is 16.5 Å². The Balaban J connectivity index is 1.58. The summed E-state index contributed by atoms with van der Waals surface area (Å²) < 4.78 is 0. The van der Waals surface area contributed by atoms with Gasteiger partial charge in [-0.3, -0.25) is 15.1 Å². The molecule has 178 valence electrons. The molecule has 0 N–H and O–H groups in total. The topological polar surface area (TPSA) is 56.0 Å². The van der Waals surface area contributed by atoms with Crippen LogP contribution in [0.25, 0.3) is 44.3 Å². The van der Waals surface area contributed by atoms with Gasteiger partial charge in [-0.05, 0) is 61.8 Å². The molecule has 0 saturated carbocycles. The second-order valence-corrected chi connectivity index (χ2v) is 9.90. The van der Waals surface area contributed by atoms with Crippen LogP contribution in [0.3, 0.4) is 0 Å². The highest BCUT2D eigenvalue weighted by atomic mass is 16.6. The van der Waals surface area contributed by atoms with Gasteiger partial charge in [0, 0.05) is 17.8 Å². The first-order chi connectivity index (χ1) is 18.7. The minimum absolute atomic E-state index is 0.105. The van der Waals surface area contributed by atoms with Gasteiger partial charge in [0.1, 0.15) is 0 Å². The van der Waals surface area contributed by atoms with Crippen molar-refractivity contribution in [3.63, 3.8) is 0 Å². The van der Waals surface area contributed by atoms with Gasteiger partial charge in [0.2, 0.25) is 0 Å². The summed E-state index contributed by atoms with van der Waals surface area (Å²) in [7, 11) is 0. The maximum atomic E-state index is 12.0. The molecule has 0 aliphatic heterocycles. The highest BCUT2D eigenvalue weighted by molar-refractivity contribution is 6.11. The minimum Gasteiger partial charge on any atom is -0.258 e. The summed E-state index contributed by atoms with van der Waals surface area (Å²) in [4.78, 5) is 16.6. The predicted octanol–water partition coefficient (Wildman–Crippen LogP) is 8.15. The van der Waals surface area contributed by atoms with E-state index in [0.29, 0.717) is 5.56 Å². The molecule has 4 heteroatoms. The number of nitro groups is 1. The molecule has 2 aliphatic carbocycles. The fourth-order valence-electron chi connectivity index (χ4n) is 6.90. The van der Waals surface area contributed by atoms with Crippen LogP contribution < -0.4 is 0 Å². The van der Waals surface area contributed by atoms with E-state index in [9.17, 15) is 10.1 Å². The van der Waals surface area contributed by atoms with Gasteiger partial charge in [0.05, 0.1) is 21.6 Å². The highest BCUT2D eigenvalue weighted by Crippen LogP contribution is 2.61. The van der Waals surface area contributed by atoms with E-state index in [0.717, 1.165) is 33.2 Å². The Morgan fingerprint density at radius 2 is 1.16 bits per heavy atom. The Morgan fingerprint density at radius 3 is 1.89 bits per heavy atom. The molecule has 1 aromatic heterocycles. The van der Waals surface area contributed by atoms with Crippen LogP contribution in [0.2, 0.25) is 0 Å². The number of aromatic nitrogens is 1. The van der Waals surface area contributed by atoms with Gasteiger partial charge in [0.15, 0.2) is 0 Å². The molecule has 1 heterocycles. The van der Waals surface area contributed by atoms with Crippen LogP contribution >= 0.6 is 0 Å². The van der Waals surface area contributed by atoms with E-state index in [4.69, 9.17) is 4.98 Å². The van der Waals surface area contributed by atoms with Crippen LogP contribution in [0.15, 0.2) is 121 Å². The van der Waals surface area contributed by atoms with E-state index in [-0.39, 0.29) is 10.6 Å². The van der Waals surface area contributed by atoms with E-state index in [2.05, 4.69) is 78.9 Å². The van der Waals surface area contributed by atoms with Gasteiger partial charge in [-0.2, -0.15) is 0 Å². The van der Waals surface area contributed by atoms with Crippen LogP contribution in [0.1, 0.15) is 22.3 Å². The summed E-state index contributed by atoms with van der Waals surface area (Å²) in [6.07, 6.45) is 1.86. The fourth-order valence-corrected chi connectivity index (χ4v) is 6.90. The quantitative estimate of drug-likeness (QED) is 0.182. The van der Waals surface area contributed by atoms with Gasteiger partial charge in [-0.15, -0.1) is 0 Å². The van der Waals surface area contributed by atoms with E-state index >= 15 is 0 Å². The molecule has 0 atom stereocenters. The molecule has 38 heavy (non-hydrogen) atoms. The first kappa shape index (κ1) is 21.0. The fraction of sp³-hybridized carbons (Fsp3) is 0.0294. The van der Waals surface area contributed by atoms with Crippen molar-refractivity contribution in [1.82, 2.24) is 4.98 Å². The van der Waals surface area contributed by atoms with E-state index < -0.39 is 5.41 Å². The maximum absolute atomic E-state index is 12.0. The van der Waals surface area contributed by atoms with Crippen molar-refractivity contribution in [2.24, 2.45) is 0 Å². The van der Waals surface area contributed by atoms with E-state index in [1.807, 2.05) is 30.5 Å². The standard InChI is InChI=1S/C34H20N2O2/c37-36(38)31-17-6-3-11-24(31)21-18-19-26-32-25(21)12-7-15-29(32)34(30-16-8-20-35-33(26)30)27-13-4-1-9-22(27)23-10-2-5-14-28(23)34/h1-20H. The number of rotatable bonds is 2. The summed E-state index contributed by atoms with van der Waals surface area (Å²) in [5.41, 5.74) is 10.3. The molecule has 0 amide bonds.